The number of phenolic OH excluding ortho intramolecular Hbond substituents is 1. The monoisotopic (exact) mass is 193 g/mol. The maximum absolute atomic E-state index is 9.59. The highest BCUT2D eigenvalue weighted by molar-refractivity contribution is 5.40. The first-order valence-corrected chi connectivity index (χ1v) is 4.91. The molecule has 0 spiro atoms. The summed E-state index contributed by atoms with van der Waals surface area (Å²) >= 11 is 0. The van der Waals surface area contributed by atoms with Gasteiger partial charge in [0.2, 0.25) is 0 Å². The second-order valence-corrected chi connectivity index (χ2v) is 4.81. The summed E-state index contributed by atoms with van der Waals surface area (Å²) in [5.41, 5.74) is 7.88. The molecule has 0 fully saturated rings. The molecule has 0 unspecified atom stereocenters. The summed E-state index contributed by atoms with van der Waals surface area (Å²) in [5.74, 6) is 0.285. The zero-order valence-electron chi connectivity index (χ0n) is 9.33. The van der Waals surface area contributed by atoms with Crippen molar-refractivity contribution >= 4 is 0 Å². The molecule has 1 aromatic carbocycles. The molecule has 1 atom stereocenters. The first-order valence-electron chi connectivity index (χ1n) is 4.91. The molecule has 14 heavy (non-hydrogen) atoms. The highest BCUT2D eigenvalue weighted by Gasteiger charge is 2.16. The van der Waals surface area contributed by atoms with Gasteiger partial charge in [0.25, 0.3) is 0 Å². The number of hydrogen-bond acceptors (Lipinski definition) is 2. The average Bonchev–Trinajstić information content (AvgIpc) is 2.02. The lowest BCUT2D eigenvalue weighted by atomic mass is 9.85. The van der Waals surface area contributed by atoms with E-state index < -0.39 is 0 Å². The van der Waals surface area contributed by atoms with E-state index >= 15 is 0 Å². The van der Waals surface area contributed by atoms with Gasteiger partial charge < -0.3 is 10.8 Å². The summed E-state index contributed by atoms with van der Waals surface area (Å²) < 4.78 is 0. The molecular weight excluding hydrogens is 174 g/mol. The van der Waals surface area contributed by atoms with Crippen LogP contribution in [0.2, 0.25) is 0 Å². The van der Waals surface area contributed by atoms with Crippen molar-refractivity contribution in [3.05, 3.63) is 29.3 Å². The minimum Gasteiger partial charge on any atom is -0.508 e. The molecule has 0 saturated heterocycles. The quantitative estimate of drug-likeness (QED) is 0.720. The zero-order valence-corrected chi connectivity index (χ0v) is 9.33. The molecule has 0 bridgehead atoms. The van der Waals surface area contributed by atoms with E-state index in [9.17, 15) is 5.11 Å². The standard InChI is InChI=1S/C12H19NO/c1-8(13)10-7-9(12(2,3)4)5-6-11(10)14/h5-8,14H,13H2,1-4H3/t8-/m1/s1. The molecule has 3 N–H and O–H groups in total. The highest BCUT2D eigenvalue weighted by atomic mass is 16.3. The first-order chi connectivity index (χ1) is 6.32. The van der Waals surface area contributed by atoms with Gasteiger partial charge in [0, 0.05) is 11.6 Å². The van der Waals surface area contributed by atoms with Gasteiger partial charge in [-0.1, -0.05) is 32.9 Å². The summed E-state index contributed by atoms with van der Waals surface area (Å²) in [6.45, 7) is 8.31. The van der Waals surface area contributed by atoms with E-state index in [4.69, 9.17) is 5.73 Å². The van der Waals surface area contributed by atoms with E-state index in [1.165, 1.54) is 5.56 Å². The normalized spacial score (nSPS) is 14.1. The third kappa shape index (κ3) is 2.26. The van der Waals surface area contributed by atoms with Gasteiger partial charge in [-0.3, -0.25) is 0 Å². The van der Waals surface area contributed by atoms with Crippen LogP contribution in [0.15, 0.2) is 18.2 Å². The van der Waals surface area contributed by atoms with Gasteiger partial charge in [-0.15, -0.1) is 0 Å². The molecule has 2 heteroatoms. The molecular formula is C12H19NO. The Bertz CT molecular complexity index is 324. The van der Waals surface area contributed by atoms with E-state index in [-0.39, 0.29) is 17.2 Å². The van der Waals surface area contributed by atoms with Crippen molar-refractivity contribution in [1.82, 2.24) is 0 Å². The average molecular weight is 193 g/mol. The van der Waals surface area contributed by atoms with Crippen molar-refractivity contribution in [3.8, 4) is 5.75 Å². The molecule has 0 aliphatic heterocycles. The van der Waals surface area contributed by atoms with Crippen LogP contribution in [-0.4, -0.2) is 5.11 Å². The Labute approximate surface area is 85.8 Å². The first kappa shape index (κ1) is 11.1. The molecule has 1 rings (SSSR count). The van der Waals surface area contributed by atoms with Crippen molar-refractivity contribution in [2.24, 2.45) is 5.73 Å². The van der Waals surface area contributed by atoms with Crippen molar-refractivity contribution < 1.29 is 5.11 Å². The van der Waals surface area contributed by atoms with Gasteiger partial charge in [0.1, 0.15) is 5.75 Å². The predicted octanol–water partition coefficient (Wildman–Crippen LogP) is 2.71. The Balaban J connectivity index is 3.20. The lowest BCUT2D eigenvalue weighted by molar-refractivity contribution is 0.462. The van der Waals surface area contributed by atoms with Gasteiger partial charge in [0.05, 0.1) is 0 Å². The van der Waals surface area contributed by atoms with Crippen molar-refractivity contribution in [3.63, 3.8) is 0 Å². The maximum Gasteiger partial charge on any atom is 0.120 e. The van der Waals surface area contributed by atoms with Crippen LogP contribution in [0.5, 0.6) is 5.75 Å². The summed E-state index contributed by atoms with van der Waals surface area (Å²) in [7, 11) is 0. The van der Waals surface area contributed by atoms with E-state index in [0.717, 1.165) is 5.56 Å². The fourth-order valence-corrected chi connectivity index (χ4v) is 1.39. The van der Waals surface area contributed by atoms with Crippen LogP contribution >= 0.6 is 0 Å². The van der Waals surface area contributed by atoms with Crippen molar-refractivity contribution in [1.29, 1.82) is 0 Å². The maximum atomic E-state index is 9.59. The molecule has 0 saturated carbocycles. The summed E-state index contributed by atoms with van der Waals surface area (Å²) in [4.78, 5) is 0. The molecule has 1 aromatic rings. The number of rotatable bonds is 1. The third-order valence-electron chi connectivity index (χ3n) is 2.38. The molecule has 0 aliphatic carbocycles. The number of phenols is 1. The molecule has 0 radical (unpaired) electrons. The SMILES string of the molecule is C[C@@H](N)c1cc(C(C)(C)C)ccc1O. The number of aromatic hydroxyl groups is 1. The van der Waals surface area contributed by atoms with E-state index in [2.05, 4.69) is 20.8 Å². The molecule has 0 heterocycles. The molecule has 0 aromatic heterocycles. The van der Waals surface area contributed by atoms with Crippen LogP contribution in [-0.2, 0) is 5.41 Å². The number of nitrogens with two attached hydrogens (primary N) is 1. The molecule has 0 aliphatic rings. The Kier molecular flexibility index (Phi) is 2.86. The van der Waals surface area contributed by atoms with Gasteiger partial charge in [-0.2, -0.15) is 0 Å². The number of hydrogen-bond donors (Lipinski definition) is 2. The lowest BCUT2D eigenvalue weighted by Gasteiger charge is -2.21. The molecule has 0 amide bonds. The summed E-state index contributed by atoms with van der Waals surface area (Å²) in [6, 6.07) is 5.53. The predicted molar refractivity (Wildman–Crippen MR) is 59.4 cm³/mol. The fourth-order valence-electron chi connectivity index (χ4n) is 1.39. The van der Waals surface area contributed by atoms with Crippen LogP contribution in [0.4, 0.5) is 0 Å². The second kappa shape index (κ2) is 3.62. The van der Waals surface area contributed by atoms with E-state index in [1.807, 2.05) is 19.1 Å². The fraction of sp³-hybridized carbons (Fsp3) is 0.500. The minimum absolute atomic E-state index is 0.0946. The number of benzene rings is 1. The van der Waals surface area contributed by atoms with E-state index in [1.54, 1.807) is 6.07 Å². The third-order valence-corrected chi connectivity index (χ3v) is 2.38. The molecule has 2 nitrogen and oxygen atoms in total. The highest BCUT2D eigenvalue weighted by Crippen LogP contribution is 2.29. The lowest BCUT2D eigenvalue weighted by Crippen LogP contribution is -2.13. The Morgan fingerprint density at radius 1 is 1.29 bits per heavy atom. The molecule has 78 valence electrons. The topological polar surface area (TPSA) is 46.2 Å². The minimum atomic E-state index is -0.128. The van der Waals surface area contributed by atoms with Gasteiger partial charge >= 0.3 is 0 Å². The van der Waals surface area contributed by atoms with Crippen LogP contribution < -0.4 is 5.73 Å². The smallest absolute Gasteiger partial charge is 0.120 e. The largest absolute Gasteiger partial charge is 0.508 e. The van der Waals surface area contributed by atoms with Gasteiger partial charge in [-0.25, -0.2) is 0 Å². The van der Waals surface area contributed by atoms with Crippen molar-refractivity contribution in [2.75, 3.05) is 0 Å². The van der Waals surface area contributed by atoms with E-state index in [0.29, 0.717) is 0 Å². The second-order valence-electron chi connectivity index (χ2n) is 4.81. The van der Waals surface area contributed by atoms with Crippen LogP contribution in [0.3, 0.4) is 0 Å². The zero-order chi connectivity index (χ0) is 10.9. The van der Waals surface area contributed by atoms with Gasteiger partial charge in [0.15, 0.2) is 0 Å². The summed E-state index contributed by atoms with van der Waals surface area (Å²) in [5, 5.41) is 9.59. The van der Waals surface area contributed by atoms with Crippen molar-refractivity contribution in [2.45, 2.75) is 39.2 Å². The Morgan fingerprint density at radius 3 is 2.29 bits per heavy atom. The van der Waals surface area contributed by atoms with Crippen LogP contribution in [0.25, 0.3) is 0 Å². The Morgan fingerprint density at radius 2 is 1.86 bits per heavy atom. The summed E-state index contributed by atoms with van der Waals surface area (Å²) in [6.07, 6.45) is 0. The van der Waals surface area contributed by atoms with Crippen LogP contribution in [0, 0.1) is 0 Å². The van der Waals surface area contributed by atoms with Gasteiger partial charge in [-0.05, 0) is 24.0 Å². The Hall–Kier alpha value is -1.02. The van der Waals surface area contributed by atoms with Crippen LogP contribution in [0.1, 0.15) is 44.9 Å².